The summed E-state index contributed by atoms with van der Waals surface area (Å²) in [4.78, 5) is 83.6. The number of hydrogen-bond acceptors (Lipinski definition) is 11. The molecule has 4 N–H and O–H groups in total. The molecule has 63 heavy (non-hydrogen) atoms. The molecule has 342 valence electrons. The first-order valence-corrected chi connectivity index (χ1v) is 22.0. The summed E-state index contributed by atoms with van der Waals surface area (Å²) in [6.45, 7) is 15.5. The SMILES string of the molecule is CC(C)(C)OC(=O)CC[C@H](NC(=O)N[C@@H](CCCCNC(=O)[C@H](Cc1ccc(Br)cn1)NC(=O)OCC1c2ccccc2-c2ccccc21)C(=O)OC(C)(C)C)C(=O)OC(C)(C)C. The quantitative estimate of drug-likeness (QED) is 0.0562. The number of aromatic nitrogens is 1. The monoisotopic (exact) mass is 935 g/mol. The largest absolute Gasteiger partial charge is 0.460 e. The van der Waals surface area contributed by atoms with Crippen molar-refractivity contribution >= 4 is 51.9 Å². The average Bonchev–Trinajstić information content (AvgIpc) is 3.50. The van der Waals surface area contributed by atoms with Crippen LogP contribution in [-0.4, -0.2) is 89.0 Å². The molecule has 4 amide bonds. The number of pyridine rings is 1. The number of nitrogens with one attached hydrogen (secondary N) is 4. The Morgan fingerprint density at radius 3 is 1.73 bits per heavy atom. The van der Waals surface area contributed by atoms with Gasteiger partial charge in [0.15, 0.2) is 0 Å². The minimum absolute atomic E-state index is 0.0728. The van der Waals surface area contributed by atoms with Crippen LogP contribution in [-0.2, 0) is 44.5 Å². The molecule has 4 rings (SSSR count). The van der Waals surface area contributed by atoms with Crippen LogP contribution in [0.15, 0.2) is 71.3 Å². The average molecular weight is 937 g/mol. The van der Waals surface area contributed by atoms with E-state index >= 15 is 0 Å². The summed E-state index contributed by atoms with van der Waals surface area (Å²) >= 11 is 3.37. The number of halogens is 1. The molecule has 0 spiro atoms. The molecule has 0 fully saturated rings. The van der Waals surface area contributed by atoms with Crippen molar-refractivity contribution in [3.63, 3.8) is 0 Å². The highest BCUT2D eigenvalue weighted by molar-refractivity contribution is 9.10. The highest BCUT2D eigenvalue weighted by Crippen LogP contribution is 2.44. The van der Waals surface area contributed by atoms with Gasteiger partial charge in [-0.05, 0) is 138 Å². The molecule has 1 aliphatic carbocycles. The molecular formula is C47H62BrN5O10. The number of nitrogens with zero attached hydrogens (tertiary/aromatic N) is 1. The number of ether oxygens (including phenoxy) is 4. The predicted octanol–water partition coefficient (Wildman–Crippen LogP) is 7.42. The molecule has 3 atom stereocenters. The maximum absolute atomic E-state index is 13.6. The zero-order chi connectivity index (χ0) is 46.5. The van der Waals surface area contributed by atoms with Crippen molar-refractivity contribution in [2.24, 2.45) is 0 Å². The number of fused-ring (bicyclic) bond motifs is 3. The van der Waals surface area contributed by atoms with Gasteiger partial charge in [0.1, 0.15) is 41.5 Å². The molecule has 0 radical (unpaired) electrons. The van der Waals surface area contributed by atoms with Gasteiger partial charge in [0.05, 0.1) is 0 Å². The number of carbonyl (C=O) groups excluding carboxylic acids is 6. The lowest BCUT2D eigenvalue weighted by Crippen LogP contribution is -2.53. The molecule has 0 bridgehead atoms. The zero-order valence-corrected chi connectivity index (χ0v) is 39.3. The summed E-state index contributed by atoms with van der Waals surface area (Å²) in [5, 5.41) is 10.8. The van der Waals surface area contributed by atoms with Gasteiger partial charge in [-0.3, -0.25) is 14.6 Å². The molecule has 15 nitrogen and oxygen atoms in total. The summed E-state index contributed by atoms with van der Waals surface area (Å²) in [6, 6.07) is 15.3. The Bertz CT molecular complexity index is 2030. The van der Waals surface area contributed by atoms with Crippen molar-refractivity contribution in [1.29, 1.82) is 0 Å². The molecule has 1 aliphatic rings. The molecule has 16 heteroatoms. The van der Waals surface area contributed by atoms with Crippen LogP contribution in [0.2, 0.25) is 0 Å². The van der Waals surface area contributed by atoms with Gasteiger partial charge >= 0.3 is 30.0 Å². The number of unbranched alkanes of at least 4 members (excludes halogenated alkanes) is 1. The van der Waals surface area contributed by atoms with Gasteiger partial charge in [0.25, 0.3) is 0 Å². The molecule has 2 aromatic carbocycles. The van der Waals surface area contributed by atoms with E-state index in [-0.39, 0.29) is 44.8 Å². The Morgan fingerprint density at radius 2 is 1.21 bits per heavy atom. The Kier molecular flexibility index (Phi) is 17.7. The summed E-state index contributed by atoms with van der Waals surface area (Å²) in [5.74, 6) is -2.63. The Morgan fingerprint density at radius 1 is 0.667 bits per heavy atom. The third kappa shape index (κ3) is 16.9. The summed E-state index contributed by atoms with van der Waals surface area (Å²) < 4.78 is 23.0. The van der Waals surface area contributed by atoms with E-state index in [1.54, 1.807) is 80.6 Å². The van der Waals surface area contributed by atoms with Gasteiger partial charge in [0.2, 0.25) is 5.91 Å². The molecule has 0 saturated heterocycles. The number of hydrogen-bond donors (Lipinski definition) is 4. The minimum atomic E-state index is -1.23. The number of rotatable bonds is 18. The summed E-state index contributed by atoms with van der Waals surface area (Å²) in [7, 11) is 0. The first-order chi connectivity index (χ1) is 29.5. The van der Waals surface area contributed by atoms with E-state index in [0.717, 1.165) is 26.7 Å². The topological polar surface area (TPSA) is 200 Å². The number of esters is 3. The molecule has 1 aromatic heterocycles. The number of benzene rings is 2. The van der Waals surface area contributed by atoms with Crippen LogP contribution in [0, 0.1) is 0 Å². The first kappa shape index (κ1) is 50.1. The normalized spacial score (nSPS) is 13.9. The van der Waals surface area contributed by atoms with Gasteiger partial charge in [-0.25, -0.2) is 19.2 Å². The zero-order valence-electron chi connectivity index (χ0n) is 37.7. The van der Waals surface area contributed by atoms with Crippen LogP contribution in [0.3, 0.4) is 0 Å². The third-order valence-electron chi connectivity index (χ3n) is 9.42. The highest BCUT2D eigenvalue weighted by Gasteiger charge is 2.33. The summed E-state index contributed by atoms with van der Waals surface area (Å²) in [5.41, 5.74) is 2.39. The fourth-order valence-corrected chi connectivity index (χ4v) is 7.03. The molecule has 1 heterocycles. The van der Waals surface area contributed by atoms with Crippen LogP contribution < -0.4 is 21.3 Å². The second-order valence-corrected chi connectivity index (χ2v) is 19.3. The van der Waals surface area contributed by atoms with Crippen LogP contribution in [0.25, 0.3) is 11.1 Å². The van der Waals surface area contributed by atoms with E-state index in [1.807, 2.05) is 48.5 Å². The lowest BCUT2D eigenvalue weighted by Gasteiger charge is -2.27. The Balaban J connectivity index is 1.36. The van der Waals surface area contributed by atoms with E-state index in [1.165, 1.54) is 0 Å². The van der Waals surface area contributed by atoms with Crippen molar-refractivity contribution < 1.29 is 47.7 Å². The number of carbonyl (C=O) groups is 6. The van der Waals surface area contributed by atoms with Gasteiger partial charge < -0.3 is 40.2 Å². The third-order valence-corrected chi connectivity index (χ3v) is 9.89. The maximum Gasteiger partial charge on any atom is 0.407 e. The molecule has 3 aromatic rings. The van der Waals surface area contributed by atoms with Gasteiger partial charge in [0, 0.05) is 41.7 Å². The van der Waals surface area contributed by atoms with Gasteiger partial charge in [-0.15, -0.1) is 0 Å². The van der Waals surface area contributed by atoms with Crippen LogP contribution in [0.4, 0.5) is 9.59 Å². The fraction of sp³-hybridized carbons (Fsp3) is 0.511. The lowest BCUT2D eigenvalue weighted by atomic mass is 9.98. The molecular weight excluding hydrogens is 874 g/mol. The standard InChI is InChI=1S/C47H62BrN5O10/c1-45(2,3)61-39(54)24-23-37(42(57)63-47(7,8)9)52-43(58)51-36(41(56)62-46(4,5)6)20-14-15-25-49-40(55)38(26-30-22-21-29(48)27-50-30)53-44(59)60-28-35-33-18-12-10-16-31(33)32-17-11-13-19-34(32)35/h10-13,16-19,21-22,27,35-38H,14-15,20,23-26,28H2,1-9H3,(H,49,55)(H,53,59)(H2,51,52,58)/t36-,37-,38-/m0/s1. The van der Waals surface area contributed by atoms with Crippen molar-refractivity contribution in [2.45, 2.75) is 142 Å². The smallest absolute Gasteiger partial charge is 0.407 e. The Hall–Kier alpha value is -5.51. The van der Waals surface area contributed by atoms with Crippen LogP contribution in [0.1, 0.15) is 117 Å². The van der Waals surface area contributed by atoms with Gasteiger partial charge in [-0.2, -0.15) is 0 Å². The maximum atomic E-state index is 13.6. The second kappa shape index (κ2) is 22.2. The van der Waals surface area contributed by atoms with Crippen molar-refractivity contribution in [2.75, 3.05) is 13.2 Å². The minimum Gasteiger partial charge on any atom is -0.460 e. The van der Waals surface area contributed by atoms with E-state index in [9.17, 15) is 28.8 Å². The number of amides is 4. The van der Waals surface area contributed by atoms with Crippen LogP contribution in [0.5, 0.6) is 0 Å². The Labute approximate surface area is 378 Å². The number of urea groups is 1. The second-order valence-electron chi connectivity index (χ2n) is 18.4. The van der Waals surface area contributed by atoms with Crippen molar-refractivity contribution in [3.05, 3.63) is 88.2 Å². The first-order valence-electron chi connectivity index (χ1n) is 21.2. The predicted molar refractivity (Wildman–Crippen MR) is 241 cm³/mol. The van der Waals surface area contributed by atoms with E-state index in [0.29, 0.717) is 18.5 Å². The lowest BCUT2D eigenvalue weighted by molar-refractivity contribution is -0.159. The van der Waals surface area contributed by atoms with E-state index < -0.39 is 70.9 Å². The van der Waals surface area contributed by atoms with E-state index in [4.69, 9.17) is 18.9 Å². The van der Waals surface area contributed by atoms with Gasteiger partial charge in [-0.1, -0.05) is 48.5 Å². The molecule has 0 aliphatic heterocycles. The highest BCUT2D eigenvalue weighted by atomic mass is 79.9. The van der Waals surface area contributed by atoms with Crippen molar-refractivity contribution in [1.82, 2.24) is 26.3 Å². The number of alkyl carbamates (subject to hydrolysis) is 1. The van der Waals surface area contributed by atoms with Crippen LogP contribution >= 0.6 is 15.9 Å². The summed E-state index contributed by atoms with van der Waals surface area (Å²) in [6.07, 6.45) is 1.53. The molecule has 0 saturated carbocycles. The van der Waals surface area contributed by atoms with E-state index in [2.05, 4.69) is 42.2 Å². The van der Waals surface area contributed by atoms with Crippen molar-refractivity contribution in [3.8, 4) is 11.1 Å². The molecule has 0 unspecified atom stereocenters. The fourth-order valence-electron chi connectivity index (χ4n) is 6.79.